The number of carboxylic acid groups (broad SMARTS) is 1. The fourth-order valence-electron chi connectivity index (χ4n) is 2.60. The standard InChI is InChI=1S/C16H18O8/c17-10-6-11(8-16(23,7-10)15(21)22)24-14(20)4-2-9-1-3-12(18)13(19)5-9/h1-5,10-11,17-19,23H,6-8H2,(H,21,22). The average molecular weight is 338 g/mol. The van der Waals surface area contributed by atoms with Gasteiger partial charge < -0.3 is 30.3 Å². The summed E-state index contributed by atoms with van der Waals surface area (Å²) in [7, 11) is 0. The van der Waals surface area contributed by atoms with Crippen LogP contribution >= 0.6 is 0 Å². The van der Waals surface area contributed by atoms with Crippen molar-refractivity contribution in [1.82, 2.24) is 0 Å². The normalized spacial score (nSPS) is 27.1. The highest BCUT2D eigenvalue weighted by Crippen LogP contribution is 2.31. The van der Waals surface area contributed by atoms with E-state index < -0.39 is 29.7 Å². The van der Waals surface area contributed by atoms with E-state index in [9.17, 15) is 30.0 Å². The third-order valence-corrected chi connectivity index (χ3v) is 3.77. The van der Waals surface area contributed by atoms with E-state index in [1.807, 2.05) is 0 Å². The van der Waals surface area contributed by atoms with Crippen molar-refractivity contribution in [2.45, 2.75) is 37.1 Å². The maximum absolute atomic E-state index is 11.8. The Bertz CT molecular complexity index is 668. The highest BCUT2D eigenvalue weighted by atomic mass is 16.5. The first-order chi connectivity index (χ1) is 11.2. The predicted molar refractivity (Wildman–Crippen MR) is 81.1 cm³/mol. The topological polar surface area (TPSA) is 145 Å². The molecule has 0 amide bonds. The molecule has 0 radical (unpaired) electrons. The monoisotopic (exact) mass is 338 g/mol. The Morgan fingerprint density at radius 3 is 2.54 bits per heavy atom. The van der Waals surface area contributed by atoms with Gasteiger partial charge in [0.15, 0.2) is 17.1 Å². The molecular weight excluding hydrogens is 320 g/mol. The molecule has 8 nitrogen and oxygen atoms in total. The number of phenols is 2. The summed E-state index contributed by atoms with van der Waals surface area (Å²) in [6.45, 7) is 0. The second-order valence-corrected chi connectivity index (χ2v) is 5.77. The minimum Gasteiger partial charge on any atom is -0.504 e. The fourth-order valence-corrected chi connectivity index (χ4v) is 2.60. The summed E-state index contributed by atoms with van der Waals surface area (Å²) in [5.41, 5.74) is -1.69. The Balaban J connectivity index is 1.99. The van der Waals surface area contributed by atoms with Gasteiger partial charge in [-0.15, -0.1) is 0 Å². The number of aromatic hydroxyl groups is 2. The van der Waals surface area contributed by atoms with Crippen LogP contribution in [0.25, 0.3) is 6.08 Å². The number of aliphatic hydroxyl groups is 2. The lowest BCUT2D eigenvalue weighted by molar-refractivity contribution is -0.178. The molecule has 1 saturated carbocycles. The van der Waals surface area contributed by atoms with Gasteiger partial charge in [-0.25, -0.2) is 9.59 Å². The second kappa shape index (κ2) is 6.90. The second-order valence-electron chi connectivity index (χ2n) is 5.77. The van der Waals surface area contributed by atoms with Gasteiger partial charge >= 0.3 is 11.9 Å². The Morgan fingerprint density at radius 2 is 1.92 bits per heavy atom. The molecule has 24 heavy (non-hydrogen) atoms. The van der Waals surface area contributed by atoms with Crippen molar-refractivity contribution in [3.63, 3.8) is 0 Å². The zero-order valence-corrected chi connectivity index (χ0v) is 12.6. The van der Waals surface area contributed by atoms with Crippen molar-refractivity contribution >= 4 is 18.0 Å². The Morgan fingerprint density at radius 1 is 1.21 bits per heavy atom. The summed E-state index contributed by atoms with van der Waals surface area (Å²) in [4.78, 5) is 22.9. The predicted octanol–water partition coefficient (Wildman–Crippen LogP) is 0.383. The zero-order valence-electron chi connectivity index (χ0n) is 12.6. The number of ether oxygens (including phenoxy) is 1. The van der Waals surface area contributed by atoms with E-state index in [4.69, 9.17) is 9.84 Å². The molecule has 0 aromatic heterocycles. The Labute approximate surface area is 137 Å². The highest BCUT2D eigenvalue weighted by Gasteiger charge is 2.45. The number of phenolic OH excluding ortho intramolecular Hbond substituents is 2. The number of hydrogen-bond acceptors (Lipinski definition) is 7. The SMILES string of the molecule is O=C(C=Cc1ccc(O)c(O)c1)OC1CC(O)CC(O)(C(=O)O)C1. The van der Waals surface area contributed by atoms with Crippen molar-refractivity contribution in [3.8, 4) is 11.5 Å². The van der Waals surface area contributed by atoms with Crippen LogP contribution in [0.1, 0.15) is 24.8 Å². The molecule has 1 fully saturated rings. The van der Waals surface area contributed by atoms with Gasteiger partial charge in [-0.1, -0.05) is 6.07 Å². The van der Waals surface area contributed by atoms with Crippen LogP contribution in [0.3, 0.4) is 0 Å². The third kappa shape index (κ3) is 4.24. The number of esters is 1. The van der Waals surface area contributed by atoms with Crippen molar-refractivity contribution in [3.05, 3.63) is 29.8 Å². The van der Waals surface area contributed by atoms with Crippen LogP contribution in [-0.4, -0.2) is 55.3 Å². The molecule has 0 heterocycles. The number of carbonyl (C=O) groups is 2. The van der Waals surface area contributed by atoms with Gasteiger partial charge in [0, 0.05) is 25.3 Å². The Hall–Kier alpha value is -2.58. The number of carbonyl (C=O) groups excluding carboxylic acids is 1. The Kier molecular flexibility index (Phi) is 5.10. The van der Waals surface area contributed by atoms with Gasteiger partial charge in [0.1, 0.15) is 6.10 Å². The van der Waals surface area contributed by atoms with Crippen molar-refractivity contribution in [2.24, 2.45) is 0 Å². The van der Waals surface area contributed by atoms with Gasteiger partial charge in [0.25, 0.3) is 0 Å². The van der Waals surface area contributed by atoms with Crippen molar-refractivity contribution < 1.29 is 39.9 Å². The third-order valence-electron chi connectivity index (χ3n) is 3.77. The van der Waals surface area contributed by atoms with E-state index in [0.717, 1.165) is 6.08 Å². The minimum absolute atomic E-state index is 0.0369. The molecule has 2 rings (SSSR count). The molecular formula is C16H18O8. The molecule has 0 aliphatic heterocycles. The van der Waals surface area contributed by atoms with Gasteiger partial charge in [-0.2, -0.15) is 0 Å². The highest BCUT2D eigenvalue weighted by molar-refractivity contribution is 5.87. The molecule has 8 heteroatoms. The summed E-state index contributed by atoms with van der Waals surface area (Å²) in [5, 5.41) is 47.2. The van der Waals surface area contributed by atoms with Crippen LogP contribution in [0.5, 0.6) is 11.5 Å². The summed E-state index contributed by atoms with van der Waals surface area (Å²) in [6, 6.07) is 3.96. The van der Waals surface area contributed by atoms with Crippen LogP contribution in [0.2, 0.25) is 0 Å². The number of aliphatic carboxylic acids is 1. The number of rotatable bonds is 4. The number of benzene rings is 1. The molecule has 1 aliphatic carbocycles. The summed E-state index contributed by atoms with van der Waals surface area (Å²) >= 11 is 0. The van der Waals surface area contributed by atoms with Crippen LogP contribution in [0.15, 0.2) is 24.3 Å². The van der Waals surface area contributed by atoms with Gasteiger partial charge in [0.05, 0.1) is 6.10 Å². The van der Waals surface area contributed by atoms with Crippen LogP contribution in [0, 0.1) is 0 Å². The van der Waals surface area contributed by atoms with Crippen molar-refractivity contribution in [2.75, 3.05) is 0 Å². The summed E-state index contributed by atoms with van der Waals surface area (Å²) in [5.74, 6) is -2.89. The molecule has 3 atom stereocenters. The van der Waals surface area contributed by atoms with Crippen molar-refractivity contribution in [1.29, 1.82) is 0 Å². The van der Waals surface area contributed by atoms with E-state index in [0.29, 0.717) is 5.56 Å². The molecule has 5 N–H and O–H groups in total. The van der Waals surface area contributed by atoms with E-state index in [2.05, 4.69) is 0 Å². The first kappa shape index (κ1) is 17.8. The molecule has 1 aromatic rings. The van der Waals surface area contributed by atoms with Crippen LogP contribution < -0.4 is 0 Å². The first-order valence-corrected chi connectivity index (χ1v) is 7.24. The largest absolute Gasteiger partial charge is 0.504 e. The number of aliphatic hydroxyl groups excluding tert-OH is 1. The lowest BCUT2D eigenvalue weighted by atomic mass is 9.81. The van der Waals surface area contributed by atoms with Crippen LogP contribution in [0.4, 0.5) is 0 Å². The smallest absolute Gasteiger partial charge is 0.335 e. The van der Waals surface area contributed by atoms with E-state index in [-0.39, 0.29) is 30.8 Å². The first-order valence-electron chi connectivity index (χ1n) is 7.24. The van der Waals surface area contributed by atoms with Crippen LogP contribution in [-0.2, 0) is 14.3 Å². The number of carboxylic acids is 1. The minimum atomic E-state index is -2.13. The van der Waals surface area contributed by atoms with Gasteiger partial charge in [0.2, 0.25) is 0 Å². The molecule has 0 saturated heterocycles. The maximum Gasteiger partial charge on any atom is 0.335 e. The van der Waals surface area contributed by atoms with E-state index in [1.54, 1.807) is 0 Å². The molecule has 3 unspecified atom stereocenters. The molecule has 1 aliphatic rings. The lowest BCUT2D eigenvalue weighted by Crippen LogP contribution is -2.50. The average Bonchev–Trinajstić information content (AvgIpc) is 2.47. The molecule has 1 aromatic carbocycles. The van der Waals surface area contributed by atoms with Gasteiger partial charge in [-0.05, 0) is 23.8 Å². The fraction of sp³-hybridized carbons (Fsp3) is 0.375. The van der Waals surface area contributed by atoms with E-state index >= 15 is 0 Å². The van der Waals surface area contributed by atoms with Gasteiger partial charge in [-0.3, -0.25) is 0 Å². The van der Waals surface area contributed by atoms with E-state index in [1.165, 1.54) is 24.3 Å². The summed E-state index contributed by atoms with van der Waals surface area (Å²) in [6.07, 6.45) is -0.208. The zero-order chi connectivity index (χ0) is 17.9. The quantitative estimate of drug-likeness (QED) is 0.301. The number of hydrogen-bond donors (Lipinski definition) is 5. The molecule has 0 spiro atoms. The molecule has 0 bridgehead atoms. The molecule has 130 valence electrons. The maximum atomic E-state index is 11.8. The lowest BCUT2D eigenvalue weighted by Gasteiger charge is -2.35. The summed E-state index contributed by atoms with van der Waals surface area (Å²) < 4.78 is 5.06.